The summed E-state index contributed by atoms with van der Waals surface area (Å²) in [6, 6.07) is 16.4. The van der Waals surface area contributed by atoms with E-state index >= 15 is 0 Å². The zero-order valence-electron chi connectivity index (χ0n) is 17.0. The van der Waals surface area contributed by atoms with E-state index in [1.807, 2.05) is 43.3 Å². The number of ether oxygens (including phenoxy) is 2. The largest absolute Gasteiger partial charge is 0.454 e. The lowest BCUT2D eigenvalue weighted by Gasteiger charge is -2.16. The van der Waals surface area contributed by atoms with Crippen LogP contribution in [0.1, 0.15) is 34.5 Å². The van der Waals surface area contributed by atoms with Crippen LogP contribution in [0.2, 0.25) is 0 Å². The van der Waals surface area contributed by atoms with Gasteiger partial charge in [0.2, 0.25) is 18.6 Å². The third-order valence-corrected chi connectivity index (χ3v) is 5.92. The van der Waals surface area contributed by atoms with Crippen molar-refractivity contribution in [2.75, 3.05) is 12.1 Å². The molecular formula is C24H21N3O4. The first-order valence-electron chi connectivity index (χ1n) is 10.1. The van der Waals surface area contributed by atoms with Gasteiger partial charge in [0.05, 0.1) is 5.41 Å². The zero-order chi connectivity index (χ0) is 21.6. The molecule has 3 aromatic rings. The third-order valence-electron chi connectivity index (χ3n) is 5.92. The van der Waals surface area contributed by atoms with E-state index < -0.39 is 11.3 Å². The number of amides is 2. The van der Waals surface area contributed by atoms with Crippen LogP contribution in [0.4, 0.5) is 5.82 Å². The van der Waals surface area contributed by atoms with Gasteiger partial charge >= 0.3 is 0 Å². The van der Waals surface area contributed by atoms with Crippen LogP contribution in [0.3, 0.4) is 0 Å². The lowest BCUT2D eigenvalue weighted by Crippen LogP contribution is -2.28. The van der Waals surface area contributed by atoms with Gasteiger partial charge in [-0.2, -0.15) is 0 Å². The number of anilines is 1. The summed E-state index contributed by atoms with van der Waals surface area (Å²) >= 11 is 0. The molecule has 0 bridgehead atoms. The van der Waals surface area contributed by atoms with Crippen molar-refractivity contribution in [3.05, 3.63) is 71.4 Å². The maximum atomic E-state index is 13.1. The number of nitrogens with two attached hydrogens (primary N) is 1. The minimum atomic E-state index is -0.556. The second-order valence-electron chi connectivity index (χ2n) is 7.88. The molecule has 3 N–H and O–H groups in total. The number of nitrogens with zero attached hydrogens (tertiary/aromatic N) is 1. The SMILES string of the molecule is Cc1nc(NC(=O)C2(c3ccc4c(c3)OCO4)CC2)ccc1-c1ccc(C(N)=O)cc1. The van der Waals surface area contributed by atoms with E-state index in [0.29, 0.717) is 22.9 Å². The van der Waals surface area contributed by atoms with Gasteiger partial charge in [-0.3, -0.25) is 9.59 Å². The van der Waals surface area contributed by atoms with Crippen LogP contribution in [-0.2, 0) is 10.2 Å². The first-order valence-corrected chi connectivity index (χ1v) is 10.1. The van der Waals surface area contributed by atoms with Crippen molar-refractivity contribution in [1.29, 1.82) is 0 Å². The molecule has 2 amide bonds. The summed E-state index contributed by atoms with van der Waals surface area (Å²) in [5.74, 6) is 1.36. The van der Waals surface area contributed by atoms with E-state index in [4.69, 9.17) is 15.2 Å². The van der Waals surface area contributed by atoms with Crippen molar-refractivity contribution in [2.24, 2.45) is 5.73 Å². The number of benzene rings is 2. The Morgan fingerprint density at radius 1 is 1.00 bits per heavy atom. The fourth-order valence-corrected chi connectivity index (χ4v) is 3.95. The van der Waals surface area contributed by atoms with Crippen LogP contribution < -0.4 is 20.5 Å². The van der Waals surface area contributed by atoms with E-state index in [1.165, 1.54) is 0 Å². The Balaban J connectivity index is 1.35. The zero-order valence-corrected chi connectivity index (χ0v) is 17.0. The van der Waals surface area contributed by atoms with Crippen LogP contribution in [0, 0.1) is 6.92 Å². The van der Waals surface area contributed by atoms with Gasteiger partial charge in [0, 0.05) is 16.8 Å². The smallest absolute Gasteiger partial charge is 0.248 e. The Kier molecular flexibility index (Phi) is 4.39. The van der Waals surface area contributed by atoms with E-state index in [0.717, 1.165) is 35.2 Å². The molecular weight excluding hydrogens is 394 g/mol. The van der Waals surface area contributed by atoms with Gasteiger partial charge in [-0.05, 0) is 67.3 Å². The van der Waals surface area contributed by atoms with Gasteiger partial charge < -0.3 is 20.5 Å². The third kappa shape index (κ3) is 3.38. The summed E-state index contributed by atoms with van der Waals surface area (Å²) in [5, 5.41) is 2.97. The van der Waals surface area contributed by atoms with Crippen LogP contribution in [0.5, 0.6) is 11.5 Å². The topological polar surface area (TPSA) is 104 Å². The van der Waals surface area contributed by atoms with Crippen molar-refractivity contribution >= 4 is 17.6 Å². The second kappa shape index (κ2) is 7.12. The molecule has 1 aliphatic heterocycles. The minimum absolute atomic E-state index is 0.0724. The molecule has 0 spiro atoms. The van der Waals surface area contributed by atoms with Gasteiger partial charge in [-0.15, -0.1) is 0 Å². The van der Waals surface area contributed by atoms with E-state index in [1.54, 1.807) is 18.2 Å². The normalized spacial score (nSPS) is 15.4. The number of primary amides is 1. The van der Waals surface area contributed by atoms with Crippen LogP contribution in [0.15, 0.2) is 54.6 Å². The molecule has 7 heteroatoms. The number of aromatic nitrogens is 1. The Morgan fingerprint density at radius 2 is 1.74 bits per heavy atom. The fourth-order valence-electron chi connectivity index (χ4n) is 3.95. The quantitative estimate of drug-likeness (QED) is 0.663. The van der Waals surface area contributed by atoms with Gasteiger partial charge in [0.25, 0.3) is 0 Å². The Labute approximate surface area is 179 Å². The molecule has 2 aliphatic rings. The van der Waals surface area contributed by atoms with Crippen molar-refractivity contribution in [2.45, 2.75) is 25.2 Å². The highest BCUT2D eigenvalue weighted by Crippen LogP contribution is 2.51. The highest BCUT2D eigenvalue weighted by molar-refractivity contribution is 6.01. The molecule has 1 aromatic heterocycles. The minimum Gasteiger partial charge on any atom is -0.454 e. The van der Waals surface area contributed by atoms with Crippen LogP contribution >= 0.6 is 0 Å². The van der Waals surface area contributed by atoms with E-state index in [9.17, 15) is 9.59 Å². The molecule has 0 unspecified atom stereocenters. The fraction of sp³-hybridized carbons (Fsp3) is 0.208. The Morgan fingerprint density at radius 3 is 2.42 bits per heavy atom. The number of hydrogen-bond acceptors (Lipinski definition) is 5. The average Bonchev–Trinajstić information content (AvgIpc) is 3.45. The molecule has 5 rings (SSSR count). The number of aryl methyl sites for hydroxylation is 1. The highest BCUT2D eigenvalue weighted by atomic mass is 16.7. The predicted octanol–water partition coefficient (Wildman–Crippen LogP) is 3.55. The number of fused-ring (bicyclic) bond motifs is 1. The summed E-state index contributed by atoms with van der Waals surface area (Å²) in [4.78, 5) is 28.9. The van der Waals surface area contributed by atoms with Gasteiger partial charge in [-0.25, -0.2) is 4.98 Å². The monoisotopic (exact) mass is 415 g/mol. The predicted molar refractivity (Wildman–Crippen MR) is 115 cm³/mol. The lowest BCUT2D eigenvalue weighted by molar-refractivity contribution is -0.118. The maximum absolute atomic E-state index is 13.1. The number of carbonyl (C=O) groups excluding carboxylic acids is 2. The molecule has 1 aliphatic carbocycles. The number of pyridine rings is 1. The lowest BCUT2D eigenvalue weighted by atomic mass is 9.94. The van der Waals surface area contributed by atoms with Crippen molar-refractivity contribution in [3.63, 3.8) is 0 Å². The summed E-state index contributed by atoms with van der Waals surface area (Å²) < 4.78 is 10.8. The number of carbonyl (C=O) groups is 2. The Bertz CT molecular complexity index is 1200. The second-order valence-corrected chi connectivity index (χ2v) is 7.88. The molecule has 1 saturated carbocycles. The van der Waals surface area contributed by atoms with Gasteiger partial charge in [-0.1, -0.05) is 18.2 Å². The van der Waals surface area contributed by atoms with E-state index in [-0.39, 0.29) is 12.7 Å². The van der Waals surface area contributed by atoms with Gasteiger partial charge in [0.1, 0.15) is 5.82 Å². The Hall–Kier alpha value is -3.87. The molecule has 0 radical (unpaired) electrons. The van der Waals surface area contributed by atoms with Crippen molar-refractivity contribution in [3.8, 4) is 22.6 Å². The highest BCUT2D eigenvalue weighted by Gasteiger charge is 2.51. The summed E-state index contributed by atoms with van der Waals surface area (Å²) in [6.45, 7) is 2.09. The maximum Gasteiger partial charge on any atom is 0.248 e. The molecule has 2 aromatic carbocycles. The number of nitrogens with one attached hydrogen (secondary N) is 1. The van der Waals surface area contributed by atoms with Gasteiger partial charge in [0.15, 0.2) is 11.5 Å². The number of hydrogen-bond donors (Lipinski definition) is 2. The van der Waals surface area contributed by atoms with Crippen LogP contribution in [0.25, 0.3) is 11.1 Å². The summed E-state index contributed by atoms with van der Waals surface area (Å²) in [5.41, 5.74) is 8.75. The first-order chi connectivity index (χ1) is 15.0. The van der Waals surface area contributed by atoms with Crippen molar-refractivity contribution < 1.29 is 19.1 Å². The van der Waals surface area contributed by atoms with Crippen LogP contribution in [-0.4, -0.2) is 23.6 Å². The molecule has 2 heterocycles. The molecule has 0 saturated heterocycles. The molecule has 31 heavy (non-hydrogen) atoms. The standard InChI is InChI=1S/C24H21N3O4/c1-14-18(15-2-4-16(5-3-15)22(25)28)7-9-21(26-14)27-23(29)24(10-11-24)17-6-8-19-20(12-17)31-13-30-19/h2-9,12H,10-11,13H2,1H3,(H2,25,28)(H,26,27,29). The summed E-state index contributed by atoms with van der Waals surface area (Å²) in [6.07, 6.45) is 1.56. The number of rotatable bonds is 5. The molecule has 0 atom stereocenters. The first kappa shape index (κ1) is 19.1. The molecule has 7 nitrogen and oxygen atoms in total. The van der Waals surface area contributed by atoms with E-state index in [2.05, 4.69) is 10.3 Å². The molecule has 156 valence electrons. The van der Waals surface area contributed by atoms with Crippen molar-refractivity contribution in [1.82, 2.24) is 4.98 Å². The molecule has 1 fully saturated rings. The average molecular weight is 415 g/mol. The summed E-state index contributed by atoms with van der Waals surface area (Å²) in [7, 11) is 0.